The molecule has 0 radical (unpaired) electrons. The summed E-state index contributed by atoms with van der Waals surface area (Å²) in [5.74, 6) is -3.44. The molecule has 0 aliphatic heterocycles. The van der Waals surface area contributed by atoms with Gasteiger partial charge in [0.05, 0.1) is 11.8 Å². The first kappa shape index (κ1) is 12.6. The molecular formula is C12H11F3N2O. The molecule has 1 heterocycles. The van der Waals surface area contributed by atoms with E-state index in [-0.39, 0.29) is 12.0 Å². The van der Waals surface area contributed by atoms with Crippen molar-refractivity contribution < 1.29 is 18.3 Å². The Bertz CT molecular complexity index is 568. The number of rotatable bonds is 3. The van der Waals surface area contributed by atoms with E-state index < -0.39 is 23.6 Å². The smallest absolute Gasteiger partial charge is 0.161 e. The predicted octanol–water partition coefficient (Wildman–Crippen LogP) is 2.11. The van der Waals surface area contributed by atoms with E-state index in [2.05, 4.69) is 5.10 Å². The van der Waals surface area contributed by atoms with Gasteiger partial charge in [0.2, 0.25) is 0 Å². The van der Waals surface area contributed by atoms with Crippen LogP contribution in [0.25, 0.3) is 0 Å². The number of benzene rings is 1. The summed E-state index contributed by atoms with van der Waals surface area (Å²) in [5.41, 5.74) is 0.258. The van der Waals surface area contributed by atoms with Gasteiger partial charge < -0.3 is 5.11 Å². The van der Waals surface area contributed by atoms with Gasteiger partial charge >= 0.3 is 0 Å². The van der Waals surface area contributed by atoms with Crippen LogP contribution < -0.4 is 0 Å². The van der Waals surface area contributed by atoms with Gasteiger partial charge in [-0.15, -0.1) is 0 Å². The maximum atomic E-state index is 13.4. The number of aliphatic hydroxyl groups is 1. The van der Waals surface area contributed by atoms with E-state index in [1.807, 2.05) is 0 Å². The molecule has 0 saturated carbocycles. The van der Waals surface area contributed by atoms with Crippen LogP contribution in [0.4, 0.5) is 13.2 Å². The Balaban J connectivity index is 2.23. The van der Waals surface area contributed by atoms with Crippen LogP contribution >= 0.6 is 0 Å². The van der Waals surface area contributed by atoms with Crippen molar-refractivity contribution in [1.29, 1.82) is 0 Å². The minimum absolute atomic E-state index is 0.0306. The minimum Gasteiger partial charge on any atom is -0.388 e. The average molecular weight is 256 g/mol. The molecule has 1 unspecified atom stereocenters. The quantitative estimate of drug-likeness (QED) is 0.854. The second-order valence-electron chi connectivity index (χ2n) is 3.99. The van der Waals surface area contributed by atoms with Crippen LogP contribution in [0.1, 0.15) is 17.4 Å². The zero-order valence-electron chi connectivity index (χ0n) is 9.57. The SMILES string of the molecule is Cn1ccc(CC(O)c2cc(F)c(F)cc2F)n1. The van der Waals surface area contributed by atoms with Gasteiger partial charge in [0.15, 0.2) is 11.6 Å². The third-order valence-corrected chi connectivity index (χ3v) is 2.57. The molecular weight excluding hydrogens is 245 g/mol. The van der Waals surface area contributed by atoms with E-state index in [0.29, 0.717) is 17.8 Å². The summed E-state index contributed by atoms with van der Waals surface area (Å²) >= 11 is 0. The lowest BCUT2D eigenvalue weighted by Crippen LogP contribution is -2.07. The highest BCUT2D eigenvalue weighted by Gasteiger charge is 2.18. The molecule has 6 heteroatoms. The lowest BCUT2D eigenvalue weighted by molar-refractivity contribution is 0.171. The molecule has 0 saturated heterocycles. The fourth-order valence-electron chi connectivity index (χ4n) is 1.67. The molecule has 0 amide bonds. The molecule has 3 nitrogen and oxygen atoms in total. The topological polar surface area (TPSA) is 38.0 Å². The molecule has 18 heavy (non-hydrogen) atoms. The van der Waals surface area contributed by atoms with Crippen LogP contribution in [0.5, 0.6) is 0 Å². The highest BCUT2D eigenvalue weighted by molar-refractivity contribution is 5.23. The Kier molecular flexibility index (Phi) is 3.38. The normalized spacial score (nSPS) is 12.7. The first-order valence-electron chi connectivity index (χ1n) is 5.28. The van der Waals surface area contributed by atoms with Crippen LogP contribution in [-0.2, 0) is 13.5 Å². The monoisotopic (exact) mass is 256 g/mol. The first-order chi connectivity index (χ1) is 8.47. The van der Waals surface area contributed by atoms with Crippen molar-refractivity contribution in [2.24, 2.45) is 7.05 Å². The van der Waals surface area contributed by atoms with Crippen molar-refractivity contribution in [3.05, 3.63) is 53.1 Å². The van der Waals surface area contributed by atoms with Gasteiger partial charge in [-0.2, -0.15) is 5.10 Å². The van der Waals surface area contributed by atoms with Gasteiger partial charge in [-0.25, -0.2) is 13.2 Å². The van der Waals surface area contributed by atoms with Crippen molar-refractivity contribution in [3.8, 4) is 0 Å². The molecule has 0 aliphatic carbocycles. The molecule has 96 valence electrons. The van der Waals surface area contributed by atoms with Gasteiger partial charge in [-0.05, 0) is 12.1 Å². The van der Waals surface area contributed by atoms with Gasteiger partial charge in [0.1, 0.15) is 5.82 Å². The number of aryl methyl sites for hydroxylation is 1. The Hall–Kier alpha value is -1.82. The number of hydrogen-bond donors (Lipinski definition) is 1. The Morgan fingerprint density at radius 3 is 2.50 bits per heavy atom. The molecule has 2 rings (SSSR count). The third-order valence-electron chi connectivity index (χ3n) is 2.57. The standard InChI is InChI=1S/C12H11F3N2O/c1-17-3-2-7(16-17)4-12(18)8-5-10(14)11(15)6-9(8)13/h2-3,5-6,12,18H,4H2,1H3. The van der Waals surface area contributed by atoms with Gasteiger partial charge in [-0.3, -0.25) is 4.68 Å². The number of aliphatic hydroxyl groups excluding tert-OH is 1. The largest absolute Gasteiger partial charge is 0.388 e. The van der Waals surface area contributed by atoms with Gasteiger partial charge in [-0.1, -0.05) is 0 Å². The highest BCUT2D eigenvalue weighted by atomic mass is 19.2. The zero-order chi connectivity index (χ0) is 13.3. The molecule has 1 aromatic heterocycles. The number of nitrogens with zero attached hydrogens (tertiary/aromatic N) is 2. The second-order valence-corrected chi connectivity index (χ2v) is 3.99. The maximum Gasteiger partial charge on any atom is 0.161 e. The lowest BCUT2D eigenvalue weighted by atomic mass is 10.0. The summed E-state index contributed by atoms with van der Waals surface area (Å²) in [6.45, 7) is 0. The summed E-state index contributed by atoms with van der Waals surface area (Å²) in [5, 5.41) is 13.8. The first-order valence-corrected chi connectivity index (χ1v) is 5.28. The van der Waals surface area contributed by atoms with Crippen molar-refractivity contribution >= 4 is 0 Å². The summed E-state index contributed by atoms with van der Waals surface area (Å²) in [6.07, 6.45) is 0.432. The van der Waals surface area contributed by atoms with Crippen LogP contribution in [-0.4, -0.2) is 14.9 Å². The van der Waals surface area contributed by atoms with E-state index in [0.717, 1.165) is 0 Å². The number of hydrogen-bond acceptors (Lipinski definition) is 2. The summed E-state index contributed by atoms with van der Waals surface area (Å²) < 4.78 is 40.7. The maximum absolute atomic E-state index is 13.4. The fourth-order valence-corrected chi connectivity index (χ4v) is 1.67. The Morgan fingerprint density at radius 2 is 1.89 bits per heavy atom. The summed E-state index contributed by atoms with van der Waals surface area (Å²) in [4.78, 5) is 0. The highest BCUT2D eigenvalue weighted by Crippen LogP contribution is 2.23. The molecule has 2 aromatic rings. The number of halogens is 3. The van der Waals surface area contributed by atoms with Gasteiger partial charge in [0, 0.05) is 31.3 Å². The molecule has 1 atom stereocenters. The zero-order valence-corrected chi connectivity index (χ0v) is 9.57. The van der Waals surface area contributed by atoms with E-state index >= 15 is 0 Å². The average Bonchev–Trinajstić information content (AvgIpc) is 2.69. The number of aromatic nitrogens is 2. The third kappa shape index (κ3) is 2.53. The fraction of sp³-hybridized carbons (Fsp3) is 0.250. The molecule has 0 fully saturated rings. The van der Waals surface area contributed by atoms with Crippen LogP contribution in [0.2, 0.25) is 0 Å². The lowest BCUT2D eigenvalue weighted by Gasteiger charge is -2.11. The molecule has 0 spiro atoms. The van der Waals surface area contributed by atoms with Crippen LogP contribution in [0.15, 0.2) is 24.4 Å². The molecule has 1 N–H and O–H groups in total. The Labute approximate surface area is 101 Å². The summed E-state index contributed by atoms with van der Waals surface area (Å²) in [7, 11) is 1.70. The predicted molar refractivity (Wildman–Crippen MR) is 58.2 cm³/mol. The molecule has 0 aliphatic rings. The van der Waals surface area contributed by atoms with E-state index in [4.69, 9.17) is 0 Å². The van der Waals surface area contributed by atoms with Crippen LogP contribution in [0, 0.1) is 17.5 Å². The van der Waals surface area contributed by atoms with Gasteiger partial charge in [0.25, 0.3) is 0 Å². The minimum atomic E-state index is -1.28. The van der Waals surface area contributed by atoms with E-state index in [1.54, 1.807) is 19.3 Å². The van der Waals surface area contributed by atoms with Crippen molar-refractivity contribution in [2.75, 3.05) is 0 Å². The van der Waals surface area contributed by atoms with Crippen molar-refractivity contribution in [2.45, 2.75) is 12.5 Å². The molecule has 1 aromatic carbocycles. The molecule has 0 bridgehead atoms. The van der Waals surface area contributed by atoms with E-state index in [9.17, 15) is 18.3 Å². The van der Waals surface area contributed by atoms with Crippen molar-refractivity contribution in [3.63, 3.8) is 0 Å². The Morgan fingerprint density at radius 1 is 1.22 bits per heavy atom. The van der Waals surface area contributed by atoms with E-state index in [1.165, 1.54) is 4.68 Å². The van der Waals surface area contributed by atoms with Crippen LogP contribution in [0.3, 0.4) is 0 Å². The summed E-state index contributed by atoms with van der Waals surface area (Å²) in [6, 6.07) is 2.74. The van der Waals surface area contributed by atoms with Crippen molar-refractivity contribution in [1.82, 2.24) is 9.78 Å². The second kappa shape index (κ2) is 4.81.